The molecule has 24 heavy (non-hydrogen) atoms. The summed E-state index contributed by atoms with van der Waals surface area (Å²) in [6.07, 6.45) is -4.59. The summed E-state index contributed by atoms with van der Waals surface area (Å²) in [5.74, 6) is -0.375. The third kappa shape index (κ3) is 2.69. The number of hydrogen-bond donors (Lipinski definition) is 3. The molecule has 2 aromatic heterocycles. The summed E-state index contributed by atoms with van der Waals surface area (Å²) < 4.78 is 40.5. The number of nitrogen functional groups attached to an aromatic ring is 2. The number of alkyl halides is 3. The number of benzene rings is 1. The Morgan fingerprint density at radius 3 is 2.38 bits per heavy atom. The van der Waals surface area contributed by atoms with E-state index < -0.39 is 11.7 Å². The van der Waals surface area contributed by atoms with Gasteiger partial charge in [0.05, 0.1) is 21.8 Å². The molecule has 124 valence electrons. The molecule has 3 aromatic rings. The van der Waals surface area contributed by atoms with E-state index in [0.29, 0.717) is 5.56 Å². The van der Waals surface area contributed by atoms with E-state index in [1.807, 2.05) is 6.92 Å². The van der Waals surface area contributed by atoms with Gasteiger partial charge in [0.2, 0.25) is 0 Å². The van der Waals surface area contributed by atoms with Gasteiger partial charge in [-0.2, -0.15) is 13.2 Å². The van der Waals surface area contributed by atoms with Crippen LogP contribution in [0, 0.1) is 12.3 Å². The molecule has 4 nitrogen and oxygen atoms in total. The van der Waals surface area contributed by atoms with E-state index in [4.69, 9.17) is 16.9 Å². The number of aryl methyl sites for hydroxylation is 1. The number of fused-ring (bicyclic) bond motifs is 1. The van der Waals surface area contributed by atoms with E-state index in [1.54, 1.807) is 24.3 Å². The van der Waals surface area contributed by atoms with Gasteiger partial charge in [-0.05, 0) is 13.0 Å². The number of rotatable bonds is 2. The molecule has 0 aliphatic rings. The van der Waals surface area contributed by atoms with Gasteiger partial charge in [0, 0.05) is 10.9 Å². The van der Waals surface area contributed by atoms with Crippen LogP contribution in [0.2, 0.25) is 0 Å². The van der Waals surface area contributed by atoms with Gasteiger partial charge in [0.25, 0.3) is 0 Å². The van der Waals surface area contributed by atoms with Crippen molar-refractivity contribution < 1.29 is 13.2 Å². The number of anilines is 1. The molecule has 0 aliphatic heterocycles. The Hall–Kier alpha value is -2.61. The standard InChI is InChI=1S/C16H13F3N4S/c1-7-2-4-8(5-3-7)10-6-9(16(17,18)19)11-12(20)13(14(21)22)24-15(11)23-10/h2-6H,20H2,1H3,(H3,21,22). The molecule has 3 rings (SSSR count). The Balaban J connectivity index is 2.34. The lowest BCUT2D eigenvalue weighted by molar-refractivity contribution is -0.136. The zero-order chi connectivity index (χ0) is 17.6. The zero-order valence-corrected chi connectivity index (χ0v) is 13.3. The minimum absolute atomic E-state index is 0.101. The summed E-state index contributed by atoms with van der Waals surface area (Å²) in [5, 5.41) is 7.28. The highest BCUT2D eigenvalue weighted by molar-refractivity contribution is 7.21. The van der Waals surface area contributed by atoms with Crippen LogP contribution in [0.4, 0.5) is 18.9 Å². The maximum absolute atomic E-state index is 13.5. The number of halogens is 3. The maximum atomic E-state index is 13.5. The second-order valence-corrected chi connectivity index (χ2v) is 6.36. The number of nitrogens with zero attached hydrogens (tertiary/aromatic N) is 1. The highest BCUT2D eigenvalue weighted by Gasteiger charge is 2.35. The van der Waals surface area contributed by atoms with Crippen LogP contribution in [0.15, 0.2) is 30.3 Å². The van der Waals surface area contributed by atoms with Gasteiger partial charge in [-0.3, -0.25) is 5.41 Å². The molecular weight excluding hydrogens is 337 g/mol. The van der Waals surface area contributed by atoms with Crippen molar-refractivity contribution in [2.75, 3.05) is 5.73 Å². The lowest BCUT2D eigenvalue weighted by Gasteiger charge is -2.11. The van der Waals surface area contributed by atoms with E-state index in [0.717, 1.165) is 23.0 Å². The van der Waals surface area contributed by atoms with Crippen LogP contribution in [-0.4, -0.2) is 10.8 Å². The van der Waals surface area contributed by atoms with E-state index >= 15 is 0 Å². The molecule has 8 heteroatoms. The minimum Gasteiger partial charge on any atom is -0.397 e. The first-order valence-electron chi connectivity index (χ1n) is 6.90. The van der Waals surface area contributed by atoms with E-state index in [2.05, 4.69) is 4.98 Å². The van der Waals surface area contributed by atoms with Crippen LogP contribution in [0.1, 0.15) is 16.0 Å². The van der Waals surface area contributed by atoms with Crippen molar-refractivity contribution >= 4 is 33.1 Å². The fourth-order valence-corrected chi connectivity index (χ4v) is 3.40. The molecule has 1 aromatic carbocycles. The molecule has 0 radical (unpaired) electrons. The van der Waals surface area contributed by atoms with Gasteiger partial charge in [-0.25, -0.2) is 4.98 Å². The van der Waals surface area contributed by atoms with Gasteiger partial charge in [-0.15, -0.1) is 11.3 Å². The first-order chi connectivity index (χ1) is 11.2. The summed E-state index contributed by atoms with van der Waals surface area (Å²) in [6, 6.07) is 8.02. The molecule has 0 fully saturated rings. The number of pyridine rings is 1. The van der Waals surface area contributed by atoms with Gasteiger partial charge < -0.3 is 11.5 Å². The Morgan fingerprint density at radius 1 is 1.21 bits per heavy atom. The van der Waals surface area contributed by atoms with Gasteiger partial charge in [0.15, 0.2) is 0 Å². The largest absolute Gasteiger partial charge is 0.417 e. The zero-order valence-electron chi connectivity index (χ0n) is 12.5. The summed E-state index contributed by atoms with van der Waals surface area (Å²) in [7, 11) is 0. The Bertz CT molecular complexity index is 943. The monoisotopic (exact) mass is 350 g/mol. The summed E-state index contributed by atoms with van der Waals surface area (Å²) in [4.78, 5) is 4.51. The van der Waals surface area contributed by atoms with E-state index in [-0.39, 0.29) is 32.3 Å². The summed E-state index contributed by atoms with van der Waals surface area (Å²) in [5.41, 5.74) is 11.9. The van der Waals surface area contributed by atoms with Crippen molar-refractivity contribution in [1.82, 2.24) is 4.98 Å². The van der Waals surface area contributed by atoms with Crippen molar-refractivity contribution in [1.29, 1.82) is 5.41 Å². The van der Waals surface area contributed by atoms with Crippen molar-refractivity contribution in [2.45, 2.75) is 13.1 Å². The Kier molecular flexibility index (Phi) is 3.71. The molecular formula is C16H13F3N4S. The predicted molar refractivity (Wildman–Crippen MR) is 90.2 cm³/mol. The van der Waals surface area contributed by atoms with Gasteiger partial charge in [0.1, 0.15) is 10.7 Å². The molecule has 0 bridgehead atoms. The highest BCUT2D eigenvalue weighted by atomic mass is 32.1. The summed E-state index contributed by atoms with van der Waals surface area (Å²) >= 11 is 0.889. The van der Waals surface area contributed by atoms with E-state index in [1.165, 1.54) is 0 Å². The quantitative estimate of drug-likeness (QED) is 0.479. The average Bonchev–Trinajstić information content (AvgIpc) is 2.83. The number of nitrogens with two attached hydrogens (primary N) is 2. The van der Waals surface area contributed by atoms with Gasteiger partial charge in [-0.1, -0.05) is 29.8 Å². The molecule has 0 aliphatic carbocycles. The molecule has 0 atom stereocenters. The fraction of sp³-hybridized carbons (Fsp3) is 0.125. The van der Waals surface area contributed by atoms with Crippen molar-refractivity contribution in [2.24, 2.45) is 5.73 Å². The Morgan fingerprint density at radius 2 is 1.83 bits per heavy atom. The molecule has 0 saturated heterocycles. The SMILES string of the molecule is Cc1ccc(-c2cc(C(F)(F)F)c3c(N)c(C(=N)N)sc3n2)cc1. The van der Waals surface area contributed by atoms with Crippen molar-refractivity contribution in [3.05, 3.63) is 46.3 Å². The van der Waals surface area contributed by atoms with Crippen LogP contribution in [0.5, 0.6) is 0 Å². The smallest absolute Gasteiger partial charge is 0.397 e. The predicted octanol–water partition coefficient (Wildman–Crippen LogP) is 4.16. The second kappa shape index (κ2) is 5.48. The number of thiophene rings is 1. The first kappa shape index (κ1) is 16.3. The lowest BCUT2D eigenvalue weighted by Crippen LogP contribution is -2.11. The van der Waals surface area contributed by atoms with Crippen LogP contribution < -0.4 is 11.5 Å². The maximum Gasteiger partial charge on any atom is 0.417 e. The molecule has 2 heterocycles. The molecule has 0 amide bonds. The average molecular weight is 350 g/mol. The number of nitrogens with one attached hydrogen (secondary N) is 1. The lowest BCUT2D eigenvalue weighted by atomic mass is 10.0. The summed E-state index contributed by atoms with van der Waals surface area (Å²) in [6.45, 7) is 1.89. The van der Waals surface area contributed by atoms with Gasteiger partial charge >= 0.3 is 6.18 Å². The Labute approximate surface area is 139 Å². The van der Waals surface area contributed by atoms with E-state index in [9.17, 15) is 13.2 Å². The minimum atomic E-state index is -4.59. The van der Waals surface area contributed by atoms with Crippen LogP contribution >= 0.6 is 11.3 Å². The van der Waals surface area contributed by atoms with Crippen LogP contribution in [-0.2, 0) is 6.18 Å². The normalized spacial score (nSPS) is 11.8. The molecule has 0 unspecified atom stereocenters. The van der Waals surface area contributed by atoms with Crippen LogP contribution in [0.25, 0.3) is 21.5 Å². The number of aromatic nitrogens is 1. The molecule has 5 N–H and O–H groups in total. The molecule has 0 spiro atoms. The first-order valence-corrected chi connectivity index (χ1v) is 7.71. The fourth-order valence-electron chi connectivity index (χ4n) is 2.42. The van der Waals surface area contributed by atoms with Crippen LogP contribution in [0.3, 0.4) is 0 Å². The number of hydrogen-bond acceptors (Lipinski definition) is 4. The second-order valence-electron chi connectivity index (χ2n) is 5.36. The van der Waals surface area contributed by atoms with Crippen molar-refractivity contribution in [3.8, 4) is 11.3 Å². The highest BCUT2D eigenvalue weighted by Crippen LogP contribution is 2.43. The third-order valence-corrected chi connectivity index (χ3v) is 4.73. The molecule has 0 saturated carbocycles. The van der Waals surface area contributed by atoms with Crippen molar-refractivity contribution in [3.63, 3.8) is 0 Å². The topological polar surface area (TPSA) is 88.8 Å². The third-order valence-electron chi connectivity index (χ3n) is 3.60. The number of amidine groups is 1.